The van der Waals surface area contributed by atoms with Gasteiger partial charge in [0.05, 0.1) is 17.3 Å². The van der Waals surface area contributed by atoms with Crippen molar-refractivity contribution in [3.05, 3.63) is 29.8 Å². The monoisotopic (exact) mass is 250 g/mol. The number of halogens is 1. The van der Waals surface area contributed by atoms with Crippen LogP contribution in [-0.2, 0) is 0 Å². The summed E-state index contributed by atoms with van der Waals surface area (Å²) in [7, 11) is 0. The van der Waals surface area contributed by atoms with E-state index in [1.807, 2.05) is 13.8 Å². The van der Waals surface area contributed by atoms with Gasteiger partial charge in [0.15, 0.2) is 11.6 Å². The van der Waals surface area contributed by atoms with Gasteiger partial charge >= 0.3 is 0 Å². The number of pyridine rings is 1. The lowest BCUT2D eigenvalue weighted by molar-refractivity contribution is 0.0575. The van der Waals surface area contributed by atoms with Crippen molar-refractivity contribution in [2.45, 2.75) is 38.6 Å². The minimum absolute atomic E-state index is 0.139. The van der Waals surface area contributed by atoms with E-state index >= 15 is 0 Å². The van der Waals surface area contributed by atoms with Crippen LogP contribution in [0.25, 0.3) is 0 Å². The molecule has 0 aromatic carbocycles. The van der Waals surface area contributed by atoms with Gasteiger partial charge in [-0.25, -0.2) is 4.39 Å². The molecule has 18 heavy (non-hydrogen) atoms. The number of rotatable bonds is 3. The minimum Gasteiger partial charge on any atom is -0.292 e. The topological polar surface area (TPSA) is 33.2 Å². The first-order chi connectivity index (χ1) is 8.53. The number of hydrogen-bond donors (Lipinski definition) is 0. The van der Waals surface area contributed by atoms with Gasteiger partial charge in [-0.3, -0.25) is 14.7 Å². The van der Waals surface area contributed by atoms with Crippen LogP contribution in [0.5, 0.6) is 0 Å². The summed E-state index contributed by atoms with van der Waals surface area (Å²) >= 11 is 0. The van der Waals surface area contributed by atoms with E-state index in [0.717, 1.165) is 32.1 Å². The highest BCUT2D eigenvalue weighted by Gasteiger charge is 2.36. The van der Waals surface area contributed by atoms with Crippen LogP contribution in [0.2, 0.25) is 0 Å². The maximum atomic E-state index is 13.6. The fourth-order valence-electron chi connectivity index (χ4n) is 2.49. The minimum atomic E-state index is -0.650. The first-order valence-corrected chi connectivity index (χ1v) is 6.43. The van der Waals surface area contributed by atoms with Crippen molar-refractivity contribution in [1.29, 1.82) is 0 Å². The molecular weight excluding hydrogens is 231 g/mol. The summed E-state index contributed by atoms with van der Waals surface area (Å²) in [5.74, 6) is -0.697. The Morgan fingerprint density at radius 3 is 2.61 bits per heavy atom. The number of ketones is 1. The van der Waals surface area contributed by atoms with Crippen LogP contribution in [0.15, 0.2) is 18.5 Å². The van der Waals surface area contributed by atoms with E-state index in [1.165, 1.54) is 18.7 Å². The summed E-state index contributed by atoms with van der Waals surface area (Å²) < 4.78 is 13.6. The second kappa shape index (κ2) is 5.14. The van der Waals surface area contributed by atoms with Crippen LogP contribution in [0, 0.1) is 5.82 Å². The van der Waals surface area contributed by atoms with Gasteiger partial charge in [0.2, 0.25) is 0 Å². The second-order valence-electron chi connectivity index (χ2n) is 5.29. The van der Waals surface area contributed by atoms with Crippen LogP contribution in [0.3, 0.4) is 0 Å². The first-order valence-electron chi connectivity index (χ1n) is 6.43. The molecule has 4 heteroatoms. The number of carbonyl (C=O) groups excluding carboxylic acids is 1. The molecule has 0 amide bonds. The molecule has 0 unspecified atom stereocenters. The average Bonchev–Trinajstić information content (AvgIpc) is 2.39. The Hall–Kier alpha value is -1.29. The van der Waals surface area contributed by atoms with Crippen molar-refractivity contribution in [3.63, 3.8) is 0 Å². The Bertz CT molecular complexity index is 439. The van der Waals surface area contributed by atoms with Crippen molar-refractivity contribution >= 4 is 5.78 Å². The van der Waals surface area contributed by atoms with Crippen LogP contribution in [-0.4, -0.2) is 34.3 Å². The molecule has 0 aliphatic carbocycles. The van der Waals surface area contributed by atoms with Crippen LogP contribution in [0.1, 0.15) is 43.5 Å². The van der Waals surface area contributed by atoms with E-state index in [1.54, 1.807) is 0 Å². The number of aromatic nitrogens is 1. The van der Waals surface area contributed by atoms with Crippen LogP contribution < -0.4 is 0 Å². The quantitative estimate of drug-likeness (QED) is 0.773. The molecule has 1 aromatic heterocycles. The van der Waals surface area contributed by atoms with Gasteiger partial charge in [-0.1, -0.05) is 6.42 Å². The molecule has 3 nitrogen and oxygen atoms in total. The summed E-state index contributed by atoms with van der Waals surface area (Å²) in [6, 6.07) is 1.46. The highest BCUT2D eigenvalue weighted by Crippen LogP contribution is 2.25. The Morgan fingerprint density at radius 2 is 2.00 bits per heavy atom. The van der Waals surface area contributed by atoms with E-state index in [9.17, 15) is 9.18 Å². The van der Waals surface area contributed by atoms with Gasteiger partial charge in [-0.15, -0.1) is 0 Å². The van der Waals surface area contributed by atoms with Crippen molar-refractivity contribution in [2.75, 3.05) is 13.1 Å². The average molecular weight is 250 g/mol. The fraction of sp³-hybridized carbons (Fsp3) is 0.571. The standard InChI is InChI=1S/C14H19FN2O/c1-14(2,17-8-4-3-5-9-17)13(18)11-6-7-16-10-12(11)15/h6-7,10H,3-5,8-9H2,1-2H3. The Kier molecular flexibility index (Phi) is 3.76. The number of piperidine rings is 1. The number of carbonyl (C=O) groups is 1. The summed E-state index contributed by atoms with van der Waals surface area (Å²) in [4.78, 5) is 18.3. The third-order valence-corrected chi connectivity index (χ3v) is 3.72. The third kappa shape index (κ3) is 2.43. The number of hydrogen-bond acceptors (Lipinski definition) is 3. The normalized spacial score (nSPS) is 17.7. The van der Waals surface area contributed by atoms with E-state index in [4.69, 9.17) is 0 Å². The first kappa shape index (κ1) is 13.1. The molecule has 1 fully saturated rings. The van der Waals surface area contributed by atoms with Crippen molar-refractivity contribution in [1.82, 2.24) is 9.88 Å². The van der Waals surface area contributed by atoms with Gasteiger partial charge in [-0.2, -0.15) is 0 Å². The SMILES string of the molecule is CC(C)(C(=O)c1ccncc1F)N1CCCCC1. The second-order valence-corrected chi connectivity index (χ2v) is 5.29. The molecule has 0 saturated carbocycles. The van der Waals surface area contributed by atoms with Gasteiger partial charge < -0.3 is 0 Å². The molecule has 98 valence electrons. The molecule has 1 saturated heterocycles. The largest absolute Gasteiger partial charge is 0.292 e. The number of nitrogens with zero attached hydrogens (tertiary/aromatic N) is 2. The predicted octanol–water partition coefficient (Wildman–Crippen LogP) is 2.67. The summed E-state index contributed by atoms with van der Waals surface area (Å²) in [5.41, 5.74) is -0.511. The fourth-order valence-corrected chi connectivity index (χ4v) is 2.49. The Balaban J connectivity index is 2.24. The lowest BCUT2D eigenvalue weighted by Crippen LogP contribution is -2.52. The Morgan fingerprint density at radius 1 is 1.33 bits per heavy atom. The zero-order valence-corrected chi connectivity index (χ0v) is 10.9. The maximum absolute atomic E-state index is 13.6. The summed E-state index contributed by atoms with van der Waals surface area (Å²) in [5, 5.41) is 0. The molecule has 1 aromatic rings. The van der Waals surface area contributed by atoms with Gasteiger partial charge in [0.25, 0.3) is 0 Å². The van der Waals surface area contributed by atoms with E-state index in [2.05, 4.69) is 9.88 Å². The van der Waals surface area contributed by atoms with E-state index in [-0.39, 0.29) is 11.3 Å². The van der Waals surface area contributed by atoms with Crippen molar-refractivity contribution in [3.8, 4) is 0 Å². The summed E-state index contributed by atoms with van der Waals surface area (Å²) in [6.45, 7) is 5.57. The predicted molar refractivity (Wildman–Crippen MR) is 68.0 cm³/mol. The molecule has 1 aliphatic heterocycles. The smallest absolute Gasteiger partial charge is 0.185 e. The van der Waals surface area contributed by atoms with Crippen LogP contribution >= 0.6 is 0 Å². The van der Waals surface area contributed by atoms with E-state index in [0.29, 0.717) is 0 Å². The van der Waals surface area contributed by atoms with Crippen molar-refractivity contribution in [2.24, 2.45) is 0 Å². The molecule has 0 spiro atoms. The van der Waals surface area contributed by atoms with Gasteiger partial charge in [0.1, 0.15) is 0 Å². The third-order valence-electron chi connectivity index (χ3n) is 3.72. The lowest BCUT2D eigenvalue weighted by Gasteiger charge is -2.39. The van der Waals surface area contributed by atoms with E-state index < -0.39 is 11.4 Å². The zero-order chi connectivity index (χ0) is 13.2. The van der Waals surface area contributed by atoms with Gasteiger partial charge in [0, 0.05) is 6.20 Å². The number of likely N-dealkylation sites (tertiary alicyclic amines) is 1. The molecule has 1 aliphatic rings. The highest BCUT2D eigenvalue weighted by atomic mass is 19.1. The Labute approximate surface area is 107 Å². The number of Topliss-reactive ketones (excluding diaryl/α,β-unsaturated/α-hetero) is 1. The van der Waals surface area contributed by atoms with Crippen molar-refractivity contribution < 1.29 is 9.18 Å². The molecule has 0 bridgehead atoms. The zero-order valence-electron chi connectivity index (χ0n) is 10.9. The molecular formula is C14H19FN2O. The molecule has 2 rings (SSSR count). The highest BCUT2D eigenvalue weighted by molar-refractivity contribution is 6.02. The lowest BCUT2D eigenvalue weighted by atomic mass is 9.89. The molecule has 0 radical (unpaired) electrons. The molecule has 0 N–H and O–H groups in total. The molecule has 0 atom stereocenters. The summed E-state index contributed by atoms with van der Waals surface area (Å²) in [6.07, 6.45) is 5.98. The van der Waals surface area contributed by atoms with Gasteiger partial charge in [-0.05, 0) is 45.8 Å². The van der Waals surface area contributed by atoms with Crippen LogP contribution in [0.4, 0.5) is 4.39 Å². The molecule has 2 heterocycles. The maximum Gasteiger partial charge on any atom is 0.185 e.